The second kappa shape index (κ2) is 5.99. The third-order valence-corrected chi connectivity index (χ3v) is 4.29. The number of aryl methyl sites for hydroxylation is 1. The predicted octanol–water partition coefficient (Wildman–Crippen LogP) is 3.10. The summed E-state index contributed by atoms with van der Waals surface area (Å²) in [5, 5.41) is 2.97. The van der Waals surface area contributed by atoms with E-state index in [1.54, 1.807) is 0 Å². The number of likely N-dealkylation sites (tertiary alicyclic amines) is 1. The molecule has 1 saturated heterocycles. The highest BCUT2D eigenvalue weighted by Gasteiger charge is 2.24. The molecule has 2 aromatic rings. The van der Waals surface area contributed by atoms with Crippen LogP contribution in [0.2, 0.25) is 0 Å². The Balaban J connectivity index is 1.69. The first-order chi connectivity index (χ1) is 10.5. The van der Waals surface area contributed by atoms with E-state index in [9.17, 15) is 4.79 Å². The molecular formula is C17H24N4O. The maximum absolute atomic E-state index is 12.0. The van der Waals surface area contributed by atoms with Crippen molar-refractivity contribution in [1.29, 1.82) is 0 Å². The van der Waals surface area contributed by atoms with Gasteiger partial charge in [0.15, 0.2) is 0 Å². The summed E-state index contributed by atoms with van der Waals surface area (Å²) >= 11 is 0. The molecule has 22 heavy (non-hydrogen) atoms. The minimum absolute atomic E-state index is 0.0552. The zero-order chi connectivity index (χ0) is 15.7. The highest BCUT2D eigenvalue weighted by molar-refractivity contribution is 5.76. The molecular weight excluding hydrogens is 276 g/mol. The Morgan fingerprint density at radius 2 is 2.05 bits per heavy atom. The zero-order valence-corrected chi connectivity index (χ0v) is 13.5. The van der Waals surface area contributed by atoms with E-state index in [0.29, 0.717) is 6.04 Å². The molecule has 5 nitrogen and oxygen atoms in total. The van der Waals surface area contributed by atoms with Crippen LogP contribution in [0.3, 0.4) is 0 Å². The Kier molecular flexibility index (Phi) is 4.05. The second-order valence-electron chi connectivity index (χ2n) is 6.47. The zero-order valence-electron chi connectivity index (χ0n) is 13.5. The molecule has 1 N–H and O–H groups in total. The SMILES string of the molecule is Cc1ccc2c(c1)ncn2C1CCN(C(=O)NC(C)C)CC1. The Hall–Kier alpha value is -2.04. The molecule has 1 aliphatic heterocycles. The summed E-state index contributed by atoms with van der Waals surface area (Å²) in [5.74, 6) is 0. The van der Waals surface area contributed by atoms with Gasteiger partial charge in [-0.05, 0) is 51.3 Å². The first-order valence-corrected chi connectivity index (χ1v) is 8.03. The van der Waals surface area contributed by atoms with Gasteiger partial charge in [-0.1, -0.05) is 6.07 Å². The lowest BCUT2D eigenvalue weighted by Gasteiger charge is -2.33. The maximum atomic E-state index is 12.0. The number of nitrogens with zero attached hydrogens (tertiary/aromatic N) is 3. The fourth-order valence-corrected chi connectivity index (χ4v) is 3.12. The Morgan fingerprint density at radius 3 is 2.73 bits per heavy atom. The fraction of sp³-hybridized carbons (Fsp3) is 0.529. The highest BCUT2D eigenvalue weighted by atomic mass is 16.2. The van der Waals surface area contributed by atoms with Gasteiger partial charge in [0.05, 0.1) is 17.4 Å². The molecule has 0 atom stereocenters. The van der Waals surface area contributed by atoms with Gasteiger partial charge in [-0.15, -0.1) is 0 Å². The first kappa shape index (κ1) is 14.9. The highest BCUT2D eigenvalue weighted by Crippen LogP contribution is 2.27. The topological polar surface area (TPSA) is 50.2 Å². The van der Waals surface area contributed by atoms with Crippen LogP contribution < -0.4 is 5.32 Å². The number of hydrogen-bond acceptors (Lipinski definition) is 2. The summed E-state index contributed by atoms with van der Waals surface area (Å²) in [7, 11) is 0. The summed E-state index contributed by atoms with van der Waals surface area (Å²) in [6.07, 6.45) is 3.90. The average Bonchev–Trinajstić information content (AvgIpc) is 2.89. The molecule has 0 radical (unpaired) electrons. The smallest absolute Gasteiger partial charge is 0.317 e. The summed E-state index contributed by atoms with van der Waals surface area (Å²) in [4.78, 5) is 18.5. The van der Waals surface area contributed by atoms with E-state index in [1.807, 2.05) is 25.1 Å². The minimum Gasteiger partial charge on any atom is -0.336 e. The quantitative estimate of drug-likeness (QED) is 0.926. The first-order valence-electron chi connectivity index (χ1n) is 8.03. The third-order valence-electron chi connectivity index (χ3n) is 4.29. The Morgan fingerprint density at radius 1 is 1.32 bits per heavy atom. The molecule has 118 valence electrons. The van der Waals surface area contributed by atoms with Crippen LogP contribution in [0.1, 0.15) is 38.3 Å². The van der Waals surface area contributed by atoms with E-state index in [4.69, 9.17) is 0 Å². The lowest BCUT2D eigenvalue weighted by atomic mass is 10.0. The molecule has 0 spiro atoms. The van der Waals surface area contributed by atoms with E-state index in [1.165, 1.54) is 11.1 Å². The molecule has 0 aliphatic carbocycles. The maximum Gasteiger partial charge on any atom is 0.317 e. The minimum atomic E-state index is 0.0552. The van der Waals surface area contributed by atoms with Gasteiger partial charge in [0.1, 0.15) is 0 Å². The molecule has 0 unspecified atom stereocenters. The molecule has 2 heterocycles. The average molecular weight is 300 g/mol. The number of amides is 2. The Labute approximate surface area is 131 Å². The van der Waals surface area contributed by atoms with E-state index >= 15 is 0 Å². The van der Waals surface area contributed by atoms with E-state index in [0.717, 1.165) is 31.4 Å². The molecule has 0 saturated carbocycles. The van der Waals surface area contributed by atoms with Crippen molar-refractivity contribution in [3.63, 3.8) is 0 Å². The number of piperidine rings is 1. The standard InChI is InChI=1S/C17H24N4O/c1-12(2)19-17(22)20-8-6-14(7-9-20)21-11-18-15-10-13(3)4-5-16(15)21/h4-5,10-12,14H,6-9H2,1-3H3,(H,19,22). The van der Waals surface area contributed by atoms with Gasteiger partial charge in [-0.2, -0.15) is 0 Å². The van der Waals surface area contributed by atoms with Crippen LogP contribution in [0.5, 0.6) is 0 Å². The van der Waals surface area contributed by atoms with Crippen molar-refractivity contribution in [2.75, 3.05) is 13.1 Å². The Bertz CT molecular complexity index is 668. The van der Waals surface area contributed by atoms with Crippen LogP contribution in [0.4, 0.5) is 4.79 Å². The van der Waals surface area contributed by atoms with Gasteiger partial charge in [-0.25, -0.2) is 9.78 Å². The molecule has 3 rings (SSSR count). The lowest BCUT2D eigenvalue weighted by Crippen LogP contribution is -2.46. The number of carbonyl (C=O) groups excluding carboxylic acids is 1. The largest absolute Gasteiger partial charge is 0.336 e. The van der Waals surface area contributed by atoms with Crippen LogP contribution in [0, 0.1) is 6.92 Å². The van der Waals surface area contributed by atoms with Crippen molar-refractivity contribution in [2.24, 2.45) is 0 Å². The summed E-state index contributed by atoms with van der Waals surface area (Å²) in [6, 6.07) is 7.07. The van der Waals surface area contributed by atoms with Gasteiger partial charge < -0.3 is 14.8 Å². The predicted molar refractivity (Wildman–Crippen MR) is 88.0 cm³/mol. The van der Waals surface area contributed by atoms with Gasteiger partial charge in [0.2, 0.25) is 0 Å². The number of fused-ring (bicyclic) bond motifs is 1. The van der Waals surface area contributed by atoms with Crippen LogP contribution in [-0.2, 0) is 0 Å². The van der Waals surface area contributed by atoms with E-state index < -0.39 is 0 Å². The molecule has 1 aliphatic rings. The summed E-state index contributed by atoms with van der Waals surface area (Å²) in [6.45, 7) is 7.67. The number of urea groups is 1. The van der Waals surface area contributed by atoms with E-state index in [2.05, 4.69) is 40.0 Å². The van der Waals surface area contributed by atoms with Crippen LogP contribution in [-0.4, -0.2) is 39.6 Å². The van der Waals surface area contributed by atoms with Crippen molar-refractivity contribution in [1.82, 2.24) is 19.8 Å². The molecule has 5 heteroatoms. The van der Waals surface area contributed by atoms with Crippen molar-refractivity contribution in [2.45, 2.75) is 45.7 Å². The monoisotopic (exact) mass is 300 g/mol. The van der Waals surface area contributed by atoms with Crippen molar-refractivity contribution in [3.05, 3.63) is 30.1 Å². The van der Waals surface area contributed by atoms with Crippen LogP contribution in [0.25, 0.3) is 11.0 Å². The molecule has 2 amide bonds. The molecule has 1 aromatic heterocycles. The third kappa shape index (κ3) is 2.93. The second-order valence-corrected chi connectivity index (χ2v) is 6.47. The number of hydrogen-bond donors (Lipinski definition) is 1. The van der Waals surface area contributed by atoms with Gasteiger partial charge >= 0.3 is 6.03 Å². The fourth-order valence-electron chi connectivity index (χ4n) is 3.12. The van der Waals surface area contributed by atoms with Gasteiger partial charge in [-0.3, -0.25) is 0 Å². The number of benzene rings is 1. The number of carbonyl (C=O) groups is 1. The molecule has 1 aromatic carbocycles. The number of aromatic nitrogens is 2. The number of imidazole rings is 1. The summed E-state index contributed by atoms with van der Waals surface area (Å²) in [5.41, 5.74) is 3.48. The van der Waals surface area contributed by atoms with Crippen LogP contribution in [0.15, 0.2) is 24.5 Å². The van der Waals surface area contributed by atoms with Gasteiger partial charge in [0.25, 0.3) is 0 Å². The molecule has 1 fully saturated rings. The summed E-state index contributed by atoms with van der Waals surface area (Å²) < 4.78 is 2.27. The van der Waals surface area contributed by atoms with Crippen LogP contribution >= 0.6 is 0 Å². The lowest BCUT2D eigenvalue weighted by molar-refractivity contribution is 0.170. The van der Waals surface area contributed by atoms with E-state index in [-0.39, 0.29) is 12.1 Å². The van der Waals surface area contributed by atoms with Crippen molar-refractivity contribution < 1.29 is 4.79 Å². The number of rotatable bonds is 2. The van der Waals surface area contributed by atoms with Crippen molar-refractivity contribution >= 4 is 17.1 Å². The van der Waals surface area contributed by atoms with Crippen molar-refractivity contribution in [3.8, 4) is 0 Å². The number of nitrogens with one attached hydrogen (secondary N) is 1. The van der Waals surface area contributed by atoms with Gasteiger partial charge in [0, 0.05) is 25.2 Å². The normalized spacial score (nSPS) is 16.5. The molecule has 0 bridgehead atoms.